The molecule has 0 amide bonds. The average molecular weight is 196 g/mol. The van der Waals surface area contributed by atoms with Gasteiger partial charge in [-0.3, -0.25) is 4.79 Å². The van der Waals surface area contributed by atoms with Crippen LogP contribution in [0.15, 0.2) is 18.2 Å². The highest BCUT2D eigenvalue weighted by atomic mass is 19.1. The van der Waals surface area contributed by atoms with Crippen molar-refractivity contribution in [1.82, 2.24) is 0 Å². The number of carbonyl (C=O) groups excluding carboxylic acids is 1. The minimum atomic E-state index is -0.306. The van der Waals surface area contributed by atoms with Crippen LogP contribution in [0.25, 0.3) is 0 Å². The monoisotopic (exact) mass is 196 g/mol. The van der Waals surface area contributed by atoms with Gasteiger partial charge < -0.3 is 9.47 Å². The third-order valence-corrected chi connectivity index (χ3v) is 2.06. The van der Waals surface area contributed by atoms with Crippen molar-refractivity contribution < 1.29 is 18.7 Å². The van der Waals surface area contributed by atoms with Crippen LogP contribution in [0.1, 0.15) is 17.2 Å². The van der Waals surface area contributed by atoms with E-state index in [2.05, 4.69) is 4.74 Å². The van der Waals surface area contributed by atoms with Gasteiger partial charge in [0.25, 0.3) is 6.47 Å². The Bertz CT molecular complexity index is 347. The summed E-state index contributed by atoms with van der Waals surface area (Å²) in [6, 6.07) is 4.75. The number of hydrogen-bond acceptors (Lipinski definition) is 3. The molecule has 1 aromatic carbocycles. The van der Waals surface area contributed by atoms with E-state index in [0.717, 1.165) is 0 Å². The Morgan fingerprint density at radius 1 is 1.64 bits per heavy atom. The van der Waals surface area contributed by atoms with Gasteiger partial charge in [0.2, 0.25) is 0 Å². The Kier molecular flexibility index (Phi) is 2.45. The highest BCUT2D eigenvalue weighted by Crippen LogP contribution is 2.31. The first kappa shape index (κ1) is 9.15. The quantitative estimate of drug-likeness (QED) is 0.542. The van der Waals surface area contributed by atoms with Gasteiger partial charge in [0.15, 0.2) is 0 Å². The van der Waals surface area contributed by atoms with Gasteiger partial charge >= 0.3 is 0 Å². The third-order valence-electron chi connectivity index (χ3n) is 2.06. The second kappa shape index (κ2) is 3.75. The number of ether oxygens (including phenoxy) is 2. The summed E-state index contributed by atoms with van der Waals surface area (Å²) < 4.78 is 22.8. The van der Waals surface area contributed by atoms with Crippen molar-refractivity contribution in [2.75, 3.05) is 6.61 Å². The fourth-order valence-electron chi connectivity index (χ4n) is 1.28. The molecule has 3 nitrogen and oxygen atoms in total. The van der Waals surface area contributed by atoms with E-state index >= 15 is 0 Å². The van der Waals surface area contributed by atoms with E-state index < -0.39 is 0 Å². The summed E-state index contributed by atoms with van der Waals surface area (Å²) in [7, 11) is 0. The third kappa shape index (κ3) is 1.90. The lowest BCUT2D eigenvalue weighted by Crippen LogP contribution is -1.94. The predicted octanol–water partition coefficient (Wildman–Crippen LogP) is 1.57. The molecule has 1 fully saturated rings. The summed E-state index contributed by atoms with van der Waals surface area (Å²) in [5.74, 6) is -0.306. The number of benzene rings is 1. The molecule has 4 heteroatoms. The minimum Gasteiger partial charge on any atom is -0.463 e. The molecule has 0 radical (unpaired) electrons. The topological polar surface area (TPSA) is 38.8 Å². The molecule has 1 aliphatic rings. The van der Waals surface area contributed by atoms with Crippen molar-refractivity contribution in [3.63, 3.8) is 0 Å². The highest BCUT2D eigenvalue weighted by molar-refractivity contribution is 5.37. The first-order chi connectivity index (χ1) is 6.81. The summed E-state index contributed by atoms with van der Waals surface area (Å²) >= 11 is 0. The van der Waals surface area contributed by atoms with Gasteiger partial charge in [0.1, 0.15) is 18.5 Å². The average Bonchev–Trinajstić information content (AvgIpc) is 2.98. The molecule has 0 aliphatic carbocycles. The molecule has 1 aromatic rings. The lowest BCUT2D eigenvalue weighted by molar-refractivity contribution is -0.129. The van der Waals surface area contributed by atoms with E-state index in [9.17, 15) is 9.18 Å². The van der Waals surface area contributed by atoms with E-state index in [1.165, 1.54) is 6.07 Å². The van der Waals surface area contributed by atoms with Gasteiger partial charge in [0.05, 0.1) is 6.61 Å². The normalized spacial score (nSPS) is 19.1. The summed E-state index contributed by atoms with van der Waals surface area (Å²) in [6.45, 7) is 1.03. The van der Waals surface area contributed by atoms with Gasteiger partial charge in [-0.25, -0.2) is 4.39 Å². The predicted molar refractivity (Wildman–Crippen MR) is 45.9 cm³/mol. The minimum absolute atomic E-state index is 0.0870. The van der Waals surface area contributed by atoms with Crippen LogP contribution in [0.4, 0.5) is 4.39 Å². The van der Waals surface area contributed by atoms with Crippen molar-refractivity contribution in [2.24, 2.45) is 0 Å². The Morgan fingerprint density at radius 3 is 3.00 bits per heavy atom. The number of hydrogen-bond donors (Lipinski definition) is 0. The SMILES string of the molecule is O=COCc1ccc(C2CO2)c(F)c1. The number of carbonyl (C=O) groups is 1. The summed E-state index contributed by atoms with van der Waals surface area (Å²) in [5.41, 5.74) is 1.21. The molecule has 0 aromatic heterocycles. The van der Waals surface area contributed by atoms with E-state index in [0.29, 0.717) is 24.2 Å². The molecule has 1 atom stereocenters. The number of halogens is 1. The van der Waals surface area contributed by atoms with Crippen molar-refractivity contribution in [1.29, 1.82) is 0 Å². The molecule has 0 N–H and O–H groups in total. The zero-order valence-electron chi connectivity index (χ0n) is 7.40. The maximum Gasteiger partial charge on any atom is 0.293 e. The number of rotatable bonds is 4. The van der Waals surface area contributed by atoms with Gasteiger partial charge in [0, 0.05) is 5.56 Å². The molecule has 2 rings (SSSR count). The van der Waals surface area contributed by atoms with Crippen LogP contribution in [0.5, 0.6) is 0 Å². The molecule has 1 aliphatic heterocycles. The first-order valence-electron chi connectivity index (χ1n) is 4.26. The smallest absolute Gasteiger partial charge is 0.293 e. The fraction of sp³-hybridized carbons (Fsp3) is 0.300. The van der Waals surface area contributed by atoms with Crippen LogP contribution in [0.2, 0.25) is 0 Å². The maximum absolute atomic E-state index is 13.3. The maximum atomic E-state index is 13.3. The van der Waals surface area contributed by atoms with Crippen LogP contribution in [-0.4, -0.2) is 13.1 Å². The summed E-state index contributed by atoms with van der Waals surface area (Å²) in [4.78, 5) is 9.91. The molecule has 1 heterocycles. The Balaban J connectivity index is 2.12. The van der Waals surface area contributed by atoms with E-state index in [1.54, 1.807) is 12.1 Å². The molecule has 0 spiro atoms. The molecule has 0 bridgehead atoms. The summed E-state index contributed by atoms with van der Waals surface area (Å²) in [5, 5.41) is 0. The van der Waals surface area contributed by atoms with Crippen molar-refractivity contribution >= 4 is 6.47 Å². The van der Waals surface area contributed by atoms with Gasteiger partial charge in [-0.15, -0.1) is 0 Å². The van der Waals surface area contributed by atoms with E-state index in [4.69, 9.17) is 4.74 Å². The lowest BCUT2D eigenvalue weighted by Gasteiger charge is -2.02. The van der Waals surface area contributed by atoms with Crippen LogP contribution >= 0.6 is 0 Å². The van der Waals surface area contributed by atoms with E-state index in [1.807, 2.05) is 0 Å². The van der Waals surface area contributed by atoms with Crippen molar-refractivity contribution in [3.05, 3.63) is 35.1 Å². The first-order valence-corrected chi connectivity index (χ1v) is 4.26. The molecule has 1 unspecified atom stereocenters. The largest absolute Gasteiger partial charge is 0.463 e. The summed E-state index contributed by atoms with van der Waals surface area (Å²) in [6.07, 6.45) is -0.0870. The van der Waals surface area contributed by atoms with Gasteiger partial charge in [-0.2, -0.15) is 0 Å². The van der Waals surface area contributed by atoms with Crippen molar-refractivity contribution in [2.45, 2.75) is 12.7 Å². The van der Waals surface area contributed by atoms with Crippen LogP contribution in [-0.2, 0) is 20.9 Å². The van der Waals surface area contributed by atoms with Gasteiger partial charge in [-0.1, -0.05) is 12.1 Å². The molecule has 0 saturated carbocycles. The van der Waals surface area contributed by atoms with Crippen molar-refractivity contribution in [3.8, 4) is 0 Å². The molecule has 1 saturated heterocycles. The lowest BCUT2D eigenvalue weighted by atomic mass is 10.1. The Hall–Kier alpha value is -1.42. The fourth-order valence-corrected chi connectivity index (χ4v) is 1.28. The van der Waals surface area contributed by atoms with E-state index in [-0.39, 0.29) is 18.5 Å². The number of epoxide rings is 1. The zero-order valence-corrected chi connectivity index (χ0v) is 7.40. The highest BCUT2D eigenvalue weighted by Gasteiger charge is 2.27. The standard InChI is InChI=1S/C10H9FO3/c11-9-3-7(4-13-6-12)1-2-8(9)10-5-14-10/h1-3,6,10H,4-5H2. The molecular formula is C10H9FO3. The molecular weight excluding hydrogens is 187 g/mol. The zero-order chi connectivity index (χ0) is 9.97. The second-order valence-corrected chi connectivity index (χ2v) is 3.09. The second-order valence-electron chi connectivity index (χ2n) is 3.09. The van der Waals surface area contributed by atoms with Gasteiger partial charge in [-0.05, 0) is 11.6 Å². The van der Waals surface area contributed by atoms with Crippen LogP contribution < -0.4 is 0 Å². The Labute approximate surface area is 80.4 Å². The molecule has 14 heavy (non-hydrogen) atoms. The van der Waals surface area contributed by atoms with Crippen LogP contribution in [0.3, 0.4) is 0 Å². The molecule has 74 valence electrons. The Morgan fingerprint density at radius 2 is 2.43 bits per heavy atom. The van der Waals surface area contributed by atoms with Crippen LogP contribution in [0, 0.1) is 5.82 Å².